The number of hydrogen-bond acceptors (Lipinski definition) is 3. The third-order valence-electron chi connectivity index (χ3n) is 3.73. The van der Waals surface area contributed by atoms with Crippen LogP contribution in [0.25, 0.3) is 0 Å². The van der Waals surface area contributed by atoms with Gasteiger partial charge in [-0.05, 0) is 43.4 Å². The molecule has 0 amide bonds. The first-order valence-electron chi connectivity index (χ1n) is 6.84. The lowest BCUT2D eigenvalue weighted by molar-refractivity contribution is -0.0369. The van der Waals surface area contributed by atoms with Gasteiger partial charge in [-0.25, -0.2) is 4.39 Å². The van der Waals surface area contributed by atoms with Crippen LogP contribution in [0.3, 0.4) is 0 Å². The predicted molar refractivity (Wildman–Crippen MR) is 72.1 cm³/mol. The lowest BCUT2D eigenvalue weighted by Crippen LogP contribution is -2.27. The third kappa shape index (κ3) is 4.00. The van der Waals surface area contributed by atoms with E-state index in [1.165, 1.54) is 6.07 Å². The topological polar surface area (TPSA) is 44.5 Å². The Balaban J connectivity index is 1.91. The summed E-state index contributed by atoms with van der Waals surface area (Å²) in [5, 5.41) is 0. The number of ether oxygens (including phenoxy) is 2. The van der Waals surface area contributed by atoms with E-state index in [4.69, 9.17) is 15.2 Å². The third-order valence-corrected chi connectivity index (χ3v) is 3.73. The Morgan fingerprint density at radius 2 is 2.11 bits per heavy atom. The van der Waals surface area contributed by atoms with Crippen LogP contribution in [0, 0.1) is 5.82 Å². The van der Waals surface area contributed by atoms with Crippen molar-refractivity contribution < 1.29 is 13.9 Å². The maximum absolute atomic E-state index is 13.7. The summed E-state index contributed by atoms with van der Waals surface area (Å²) < 4.78 is 24.8. The van der Waals surface area contributed by atoms with Gasteiger partial charge in [0.05, 0.1) is 18.8 Å². The summed E-state index contributed by atoms with van der Waals surface area (Å²) in [7, 11) is 1.73. The molecule has 1 aromatic rings. The Hall–Kier alpha value is -0.970. The van der Waals surface area contributed by atoms with Crippen molar-refractivity contribution in [2.24, 2.45) is 5.73 Å². The molecular formula is C15H22FNO2. The Labute approximate surface area is 113 Å². The molecule has 1 aliphatic rings. The fraction of sp³-hybridized carbons (Fsp3) is 0.600. The molecule has 0 aromatic heterocycles. The first kappa shape index (κ1) is 14.4. The fourth-order valence-electron chi connectivity index (χ4n) is 2.54. The van der Waals surface area contributed by atoms with Crippen LogP contribution < -0.4 is 5.73 Å². The molecule has 0 bridgehead atoms. The van der Waals surface area contributed by atoms with Gasteiger partial charge in [-0.2, -0.15) is 0 Å². The van der Waals surface area contributed by atoms with E-state index in [0.717, 1.165) is 31.2 Å². The molecule has 2 atom stereocenters. The fourth-order valence-corrected chi connectivity index (χ4v) is 2.54. The Bertz CT molecular complexity index is 411. The standard InChI is InChI=1S/C15H22FNO2/c1-18-13-3-2-4-14(8-13)19-10-12-7-11(9-17)5-6-15(12)16/h5-7,13-14H,2-4,8-10,17H2,1H3. The smallest absolute Gasteiger partial charge is 0.128 e. The van der Waals surface area contributed by atoms with Crippen molar-refractivity contribution in [1.82, 2.24) is 0 Å². The van der Waals surface area contributed by atoms with Gasteiger partial charge >= 0.3 is 0 Å². The number of rotatable bonds is 5. The van der Waals surface area contributed by atoms with E-state index in [1.54, 1.807) is 19.2 Å². The van der Waals surface area contributed by atoms with Gasteiger partial charge in [0.15, 0.2) is 0 Å². The zero-order chi connectivity index (χ0) is 13.7. The van der Waals surface area contributed by atoms with E-state index in [0.29, 0.717) is 18.7 Å². The number of halogens is 1. The summed E-state index contributed by atoms with van der Waals surface area (Å²) in [6.45, 7) is 0.725. The normalized spacial score (nSPS) is 23.5. The summed E-state index contributed by atoms with van der Waals surface area (Å²) in [6.07, 6.45) is 4.56. The molecule has 2 unspecified atom stereocenters. The number of methoxy groups -OCH3 is 1. The van der Waals surface area contributed by atoms with Crippen molar-refractivity contribution in [3.63, 3.8) is 0 Å². The summed E-state index contributed by atoms with van der Waals surface area (Å²) in [6, 6.07) is 4.95. The van der Waals surface area contributed by atoms with Crippen LogP contribution >= 0.6 is 0 Å². The molecule has 1 aromatic carbocycles. The quantitative estimate of drug-likeness (QED) is 0.892. The maximum Gasteiger partial charge on any atom is 0.128 e. The van der Waals surface area contributed by atoms with E-state index in [-0.39, 0.29) is 18.0 Å². The molecule has 0 aliphatic heterocycles. The summed E-state index contributed by atoms with van der Waals surface area (Å²) in [5.74, 6) is -0.226. The van der Waals surface area contributed by atoms with Crippen molar-refractivity contribution in [3.05, 3.63) is 35.1 Å². The highest BCUT2D eigenvalue weighted by molar-refractivity contribution is 5.24. The minimum absolute atomic E-state index is 0.166. The lowest BCUT2D eigenvalue weighted by atomic mass is 9.95. The van der Waals surface area contributed by atoms with Gasteiger partial charge in [-0.15, -0.1) is 0 Å². The number of hydrogen-bond donors (Lipinski definition) is 1. The van der Waals surface area contributed by atoms with Crippen LogP contribution in [0.4, 0.5) is 4.39 Å². The van der Waals surface area contributed by atoms with Gasteiger partial charge in [-0.3, -0.25) is 0 Å². The van der Waals surface area contributed by atoms with Crippen molar-refractivity contribution in [3.8, 4) is 0 Å². The Kier molecular flexibility index (Phi) is 5.31. The molecule has 106 valence electrons. The van der Waals surface area contributed by atoms with Crippen molar-refractivity contribution in [1.29, 1.82) is 0 Å². The molecule has 3 nitrogen and oxygen atoms in total. The van der Waals surface area contributed by atoms with E-state index in [2.05, 4.69) is 0 Å². The molecule has 0 saturated heterocycles. The second-order valence-electron chi connectivity index (χ2n) is 5.09. The van der Waals surface area contributed by atoms with E-state index in [1.807, 2.05) is 0 Å². The van der Waals surface area contributed by atoms with E-state index < -0.39 is 0 Å². The number of nitrogens with two attached hydrogens (primary N) is 1. The lowest BCUT2D eigenvalue weighted by Gasteiger charge is -2.28. The average molecular weight is 267 g/mol. The molecule has 1 aliphatic carbocycles. The maximum atomic E-state index is 13.7. The minimum atomic E-state index is -0.226. The SMILES string of the molecule is COC1CCCC(OCc2cc(CN)ccc2F)C1. The second kappa shape index (κ2) is 6.98. The minimum Gasteiger partial charge on any atom is -0.381 e. The molecule has 19 heavy (non-hydrogen) atoms. The van der Waals surface area contributed by atoms with Crippen molar-refractivity contribution in [2.75, 3.05) is 7.11 Å². The second-order valence-corrected chi connectivity index (χ2v) is 5.09. The van der Waals surface area contributed by atoms with E-state index in [9.17, 15) is 4.39 Å². The van der Waals surface area contributed by atoms with Crippen LogP contribution in [0.1, 0.15) is 36.8 Å². The first-order valence-corrected chi connectivity index (χ1v) is 6.84. The van der Waals surface area contributed by atoms with Gasteiger partial charge in [0.1, 0.15) is 5.82 Å². The van der Waals surface area contributed by atoms with Crippen LogP contribution in [-0.4, -0.2) is 19.3 Å². The summed E-state index contributed by atoms with van der Waals surface area (Å²) >= 11 is 0. The molecule has 1 saturated carbocycles. The Morgan fingerprint density at radius 1 is 1.32 bits per heavy atom. The molecule has 1 fully saturated rings. The van der Waals surface area contributed by atoms with E-state index >= 15 is 0 Å². The highest BCUT2D eigenvalue weighted by atomic mass is 19.1. The summed E-state index contributed by atoms with van der Waals surface area (Å²) in [4.78, 5) is 0. The van der Waals surface area contributed by atoms with Crippen LogP contribution in [0.15, 0.2) is 18.2 Å². The summed E-state index contributed by atoms with van der Waals surface area (Å²) in [5.41, 5.74) is 7.08. The van der Waals surface area contributed by atoms with Gasteiger partial charge < -0.3 is 15.2 Å². The molecule has 2 rings (SSSR count). The monoisotopic (exact) mass is 267 g/mol. The van der Waals surface area contributed by atoms with Crippen LogP contribution in [0.5, 0.6) is 0 Å². The van der Waals surface area contributed by atoms with Crippen molar-refractivity contribution in [2.45, 2.75) is 51.0 Å². The molecule has 0 radical (unpaired) electrons. The van der Waals surface area contributed by atoms with Crippen molar-refractivity contribution >= 4 is 0 Å². The van der Waals surface area contributed by atoms with Gasteiger partial charge in [-0.1, -0.05) is 6.07 Å². The Morgan fingerprint density at radius 3 is 2.84 bits per heavy atom. The van der Waals surface area contributed by atoms with Gasteiger partial charge in [0, 0.05) is 19.2 Å². The predicted octanol–water partition coefficient (Wildman–Crippen LogP) is 2.76. The van der Waals surface area contributed by atoms with Crippen LogP contribution in [-0.2, 0) is 22.6 Å². The molecule has 0 heterocycles. The highest BCUT2D eigenvalue weighted by Crippen LogP contribution is 2.24. The largest absolute Gasteiger partial charge is 0.381 e. The van der Waals surface area contributed by atoms with Gasteiger partial charge in [0.25, 0.3) is 0 Å². The van der Waals surface area contributed by atoms with Gasteiger partial charge in [0.2, 0.25) is 0 Å². The molecule has 4 heteroatoms. The zero-order valence-electron chi connectivity index (χ0n) is 11.4. The first-order chi connectivity index (χ1) is 9.22. The average Bonchev–Trinajstić information content (AvgIpc) is 2.46. The number of benzene rings is 1. The zero-order valence-corrected chi connectivity index (χ0v) is 11.4. The molecule has 0 spiro atoms. The van der Waals surface area contributed by atoms with Crippen LogP contribution in [0.2, 0.25) is 0 Å². The molecular weight excluding hydrogens is 245 g/mol. The highest BCUT2D eigenvalue weighted by Gasteiger charge is 2.22. The molecule has 2 N–H and O–H groups in total.